The average molecular weight is 501 g/mol. The maximum atomic E-state index is 12.0. The number of hydrogen-bond donors (Lipinski definition) is 2. The summed E-state index contributed by atoms with van der Waals surface area (Å²) in [7, 11) is -0.188. The van der Waals surface area contributed by atoms with E-state index in [0.717, 1.165) is 31.6 Å². The Labute approximate surface area is 211 Å². The largest absolute Gasteiger partial charge is 0.324 e. The molecule has 2 N–H and O–H groups in total. The predicted molar refractivity (Wildman–Crippen MR) is 143 cm³/mol. The molecule has 0 amide bonds. The standard InChI is InChI=1S/C26H28N8OS/c1-34-15-18-8-5-4-7-17-11-21(12-19(16-34)24(17)18)29-26-28-14-20(13-27)25(32-26)31-22-9-6-10-23(30-22)33-36(2,3)35/h4-6,9-12,14,18H,7-8,15-16H2,1-3H3,(H2,28,29,30,31,32). The van der Waals surface area contributed by atoms with E-state index in [-0.39, 0.29) is 5.56 Å². The molecular formula is C26H28N8OS. The number of benzene rings is 1. The van der Waals surface area contributed by atoms with Gasteiger partial charge in [-0.15, -0.1) is 0 Å². The van der Waals surface area contributed by atoms with Crippen molar-refractivity contribution >= 4 is 38.8 Å². The Morgan fingerprint density at radius 1 is 1.17 bits per heavy atom. The number of allylic oxidation sites excluding steroid dienone is 2. The zero-order chi connectivity index (χ0) is 25.3. The van der Waals surface area contributed by atoms with Crippen molar-refractivity contribution < 1.29 is 4.21 Å². The minimum absolute atomic E-state index is 0.283. The summed E-state index contributed by atoms with van der Waals surface area (Å²) in [6.07, 6.45) is 11.1. The second-order valence-corrected chi connectivity index (χ2v) is 12.0. The van der Waals surface area contributed by atoms with Crippen molar-refractivity contribution in [3.05, 3.63) is 70.9 Å². The van der Waals surface area contributed by atoms with E-state index >= 15 is 0 Å². The molecule has 1 atom stereocenters. The van der Waals surface area contributed by atoms with Crippen LogP contribution in [-0.4, -0.2) is 50.2 Å². The van der Waals surface area contributed by atoms with Gasteiger partial charge < -0.3 is 15.5 Å². The molecule has 0 saturated heterocycles. The number of likely N-dealkylation sites (N-methyl/N-ethyl adjacent to an activating group) is 1. The number of hydrogen-bond acceptors (Lipinski definition) is 9. The lowest BCUT2D eigenvalue weighted by Gasteiger charge is -2.33. The molecule has 3 aromatic rings. The molecule has 184 valence electrons. The van der Waals surface area contributed by atoms with Crippen LogP contribution in [0.5, 0.6) is 0 Å². The third-order valence-electron chi connectivity index (χ3n) is 6.12. The molecule has 0 saturated carbocycles. The van der Waals surface area contributed by atoms with Gasteiger partial charge in [-0.3, -0.25) is 0 Å². The highest BCUT2D eigenvalue weighted by molar-refractivity contribution is 7.92. The van der Waals surface area contributed by atoms with Crippen molar-refractivity contribution in [2.24, 2.45) is 4.36 Å². The zero-order valence-corrected chi connectivity index (χ0v) is 21.3. The molecule has 1 aliphatic carbocycles. The number of aromatic nitrogens is 3. The highest BCUT2D eigenvalue weighted by Gasteiger charge is 2.27. The summed E-state index contributed by atoms with van der Waals surface area (Å²) < 4.78 is 16.2. The Balaban J connectivity index is 1.45. The number of nitriles is 1. The van der Waals surface area contributed by atoms with Gasteiger partial charge in [0.05, 0.1) is 6.20 Å². The van der Waals surface area contributed by atoms with E-state index in [1.165, 1.54) is 22.9 Å². The van der Waals surface area contributed by atoms with Gasteiger partial charge in [0.1, 0.15) is 17.5 Å². The second-order valence-electron chi connectivity index (χ2n) is 9.48. The summed E-state index contributed by atoms with van der Waals surface area (Å²) in [4.78, 5) is 15.7. The van der Waals surface area contributed by atoms with Gasteiger partial charge in [-0.05, 0) is 60.8 Å². The van der Waals surface area contributed by atoms with Crippen LogP contribution in [0.15, 0.2) is 53.0 Å². The molecule has 0 fully saturated rings. The van der Waals surface area contributed by atoms with E-state index < -0.39 is 9.73 Å². The highest BCUT2D eigenvalue weighted by atomic mass is 32.2. The van der Waals surface area contributed by atoms with Crippen LogP contribution in [0.1, 0.15) is 34.6 Å². The maximum absolute atomic E-state index is 12.0. The Hall–Kier alpha value is -3.81. The number of anilines is 4. The van der Waals surface area contributed by atoms with Gasteiger partial charge in [-0.1, -0.05) is 18.2 Å². The molecule has 9 nitrogen and oxygen atoms in total. The van der Waals surface area contributed by atoms with Crippen LogP contribution in [0, 0.1) is 11.3 Å². The van der Waals surface area contributed by atoms with E-state index in [1.807, 2.05) is 0 Å². The van der Waals surface area contributed by atoms with Crippen LogP contribution >= 0.6 is 0 Å². The Kier molecular flexibility index (Phi) is 6.43. The summed E-state index contributed by atoms with van der Waals surface area (Å²) in [5, 5.41) is 16.0. The maximum Gasteiger partial charge on any atom is 0.229 e. The van der Waals surface area contributed by atoms with Crippen LogP contribution in [0.4, 0.5) is 29.1 Å². The van der Waals surface area contributed by atoms with E-state index in [9.17, 15) is 9.47 Å². The van der Waals surface area contributed by atoms with Gasteiger partial charge in [0.25, 0.3) is 0 Å². The third kappa shape index (κ3) is 5.37. The lowest BCUT2D eigenvalue weighted by molar-refractivity contribution is 0.281. The van der Waals surface area contributed by atoms with E-state index in [1.54, 1.807) is 30.7 Å². The van der Waals surface area contributed by atoms with Crippen LogP contribution in [0.25, 0.3) is 0 Å². The number of rotatable bonds is 5. The van der Waals surface area contributed by atoms with Crippen molar-refractivity contribution in [3.8, 4) is 6.07 Å². The molecule has 2 aromatic heterocycles. The smallest absolute Gasteiger partial charge is 0.229 e. The van der Waals surface area contributed by atoms with Crippen molar-refractivity contribution in [2.75, 3.05) is 36.7 Å². The number of nitrogens with one attached hydrogen (secondary N) is 2. The topological polar surface area (TPSA) is 119 Å². The third-order valence-corrected chi connectivity index (χ3v) is 6.74. The van der Waals surface area contributed by atoms with Crippen LogP contribution < -0.4 is 10.6 Å². The molecule has 0 bridgehead atoms. The molecule has 1 aliphatic heterocycles. The first-order chi connectivity index (χ1) is 17.3. The first-order valence-corrected chi connectivity index (χ1v) is 14.0. The lowest BCUT2D eigenvalue weighted by atomic mass is 9.84. The molecule has 3 heterocycles. The molecule has 0 spiro atoms. The van der Waals surface area contributed by atoms with E-state index in [0.29, 0.717) is 29.3 Å². The fourth-order valence-corrected chi connectivity index (χ4v) is 5.35. The average Bonchev–Trinajstić information content (AvgIpc) is 3.01. The second kappa shape index (κ2) is 9.68. The quantitative estimate of drug-likeness (QED) is 0.487. The van der Waals surface area contributed by atoms with Crippen LogP contribution in [0.3, 0.4) is 0 Å². The van der Waals surface area contributed by atoms with Crippen LogP contribution in [-0.2, 0) is 22.7 Å². The minimum Gasteiger partial charge on any atom is -0.324 e. The summed E-state index contributed by atoms with van der Waals surface area (Å²) in [6, 6.07) is 11.7. The SMILES string of the molecule is CN1Cc2cc(Nc3ncc(C#N)c(Nc4cccc(N=S(C)(C)=O)n4)n3)cc3c2C(CC=CC3)C1. The van der Waals surface area contributed by atoms with Gasteiger partial charge in [-0.25, -0.2) is 14.2 Å². The molecule has 1 unspecified atom stereocenters. The molecular weight excluding hydrogens is 472 g/mol. The van der Waals surface area contributed by atoms with Gasteiger partial charge in [0.15, 0.2) is 11.6 Å². The molecule has 10 heteroatoms. The number of nitrogens with zero attached hydrogens (tertiary/aromatic N) is 6. The normalized spacial score (nSPS) is 17.0. The van der Waals surface area contributed by atoms with E-state index in [2.05, 4.69) is 72.2 Å². The lowest BCUT2D eigenvalue weighted by Crippen LogP contribution is -2.30. The monoisotopic (exact) mass is 500 g/mol. The predicted octanol–water partition coefficient (Wildman–Crippen LogP) is 4.62. The van der Waals surface area contributed by atoms with Crippen molar-refractivity contribution in [1.82, 2.24) is 19.9 Å². The van der Waals surface area contributed by atoms with Gasteiger partial charge >= 0.3 is 0 Å². The van der Waals surface area contributed by atoms with Gasteiger partial charge in [0, 0.05) is 46.9 Å². The van der Waals surface area contributed by atoms with Gasteiger partial charge in [0.2, 0.25) is 5.95 Å². The van der Waals surface area contributed by atoms with Crippen molar-refractivity contribution in [3.63, 3.8) is 0 Å². The fourth-order valence-electron chi connectivity index (χ4n) is 4.80. The summed E-state index contributed by atoms with van der Waals surface area (Å²) >= 11 is 0. The van der Waals surface area contributed by atoms with Crippen molar-refractivity contribution in [2.45, 2.75) is 25.3 Å². The summed E-state index contributed by atoms with van der Waals surface area (Å²) in [5.74, 6) is 2.01. The Bertz CT molecular complexity index is 1510. The number of pyridine rings is 1. The first-order valence-electron chi connectivity index (χ1n) is 11.7. The molecule has 1 aromatic carbocycles. The molecule has 2 aliphatic rings. The Morgan fingerprint density at radius 2 is 2.00 bits per heavy atom. The summed E-state index contributed by atoms with van der Waals surface area (Å²) in [5.41, 5.74) is 5.35. The summed E-state index contributed by atoms with van der Waals surface area (Å²) in [6.45, 7) is 1.98. The van der Waals surface area contributed by atoms with Crippen molar-refractivity contribution in [1.29, 1.82) is 5.26 Å². The van der Waals surface area contributed by atoms with Crippen LogP contribution in [0.2, 0.25) is 0 Å². The first kappa shape index (κ1) is 23.9. The van der Waals surface area contributed by atoms with Gasteiger partial charge in [-0.2, -0.15) is 14.6 Å². The fraction of sp³-hybridized carbons (Fsp3) is 0.308. The highest BCUT2D eigenvalue weighted by Crippen LogP contribution is 2.37. The Morgan fingerprint density at radius 3 is 2.81 bits per heavy atom. The molecule has 0 radical (unpaired) electrons. The zero-order valence-electron chi connectivity index (χ0n) is 20.5. The minimum atomic E-state index is -2.35. The molecule has 36 heavy (non-hydrogen) atoms. The molecule has 5 rings (SSSR count). The van der Waals surface area contributed by atoms with E-state index in [4.69, 9.17) is 0 Å².